The Bertz CT molecular complexity index is 626. The highest BCUT2D eigenvalue weighted by Crippen LogP contribution is 2.42. The van der Waals surface area contributed by atoms with Crippen LogP contribution in [0.15, 0.2) is 6.20 Å². The quantitative estimate of drug-likeness (QED) is 0.638. The number of nitro groups is 1. The molecule has 2 aliphatic rings. The second-order valence-electron chi connectivity index (χ2n) is 5.75. The van der Waals surface area contributed by atoms with E-state index in [9.17, 15) is 14.9 Å². The summed E-state index contributed by atoms with van der Waals surface area (Å²) in [6.45, 7) is 1.11. The zero-order chi connectivity index (χ0) is 15.7. The number of ether oxygens (including phenoxy) is 1. The van der Waals surface area contributed by atoms with E-state index >= 15 is 0 Å². The summed E-state index contributed by atoms with van der Waals surface area (Å²) >= 11 is 0. The Morgan fingerprint density at radius 2 is 2.27 bits per heavy atom. The molecule has 1 fully saturated rings. The number of primary amides is 1. The molecule has 1 saturated heterocycles. The van der Waals surface area contributed by atoms with E-state index in [0.29, 0.717) is 24.9 Å². The van der Waals surface area contributed by atoms with Crippen LogP contribution >= 0.6 is 0 Å². The van der Waals surface area contributed by atoms with E-state index in [-0.39, 0.29) is 5.69 Å². The number of hydrogen-bond acceptors (Lipinski definition) is 6. The molecule has 0 radical (unpaired) electrons. The van der Waals surface area contributed by atoms with Crippen LogP contribution in [0.25, 0.3) is 0 Å². The van der Waals surface area contributed by atoms with Gasteiger partial charge < -0.3 is 15.8 Å². The number of rotatable bonds is 3. The van der Waals surface area contributed by atoms with E-state index in [1.54, 1.807) is 0 Å². The molecule has 8 nitrogen and oxygen atoms in total. The molecule has 3 rings (SSSR count). The molecule has 118 valence electrons. The second-order valence-corrected chi connectivity index (χ2v) is 5.75. The first-order chi connectivity index (χ1) is 10.5. The number of nitrogens with one attached hydrogen (secondary N) is 1. The van der Waals surface area contributed by atoms with Crippen LogP contribution < -0.4 is 11.1 Å². The maximum atomic E-state index is 11.5. The number of amides is 1. The predicted octanol–water partition coefficient (Wildman–Crippen LogP) is 1.15. The minimum Gasteiger partial charge on any atom is -0.437 e. The van der Waals surface area contributed by atoms with Crippen LogP contribution in [0.1, 0.15) is 36.1 Å². The fraction of sp³-hybridized carbons (Fsp3) is 0.571. The number of aryl methyl sites for hydroxylation is 1. The summed E-state index contributed by atoms with van der Waals surface area (Å²) in [5.41, 5.74) is 6.26. The number of carbonyl (C=O) groups excluding carboxylic acids is 1. The van der Waals surface area contributed by atoms with E-state index in [2.05, 4.69) is 10.3 Å². The number of pyridine rings is 1. The molecule has 1 aromatic rings. The molecule has 1 amide bonds. The summed E-state index contributed by atoms with van der Waals surface area (Å²) in [6, 6.07) is 0. The Kier molecular flexibility index (Phi) is 3.69. The van der Waals surface area contributed by atoms with Gasteiger partial charge in [-0.3, -0.25) is 15.1 Å². The summed E-state index contributed by atoms with van der Waals surface area (Å²) in [6.07, 6.45) is 4.03. The number of carbonyl (C=O) groups is 1. The van der Waals surface area contributed by atoms with Crippen molar-refractivity contribution < 1.29 is 14.5 Å². The fourth-order valence-corrected chi connectivity index (χ4v) is 3.57. The number of nitrogens with zero attached hydrogens (tertiary/aromatic N) is 2. The van der Waals surface area contributed by atoms with Crippen LogP contribution in [0.5, 0.6) is 0 Å². The van der Waals surface area contributed by atoms with Crippen molar-refractivity contribution in [3.05, 3.63) is 33.1 Å². The van der Waals surface area contributed by atoms with Crippen molar-refractivity contribution in [2.24, 2.45) is 5.73 Å². The van der Waals surface area contributed by atoms with E-state index < -0.39 is 16.6 Å². The molecule has 1 atom stereocenters. The SMILES string of the molecule is NC(=O)O[C@]1(c2c([N+](=O)[O-])cnc3c2CCC3)CCCNC1. The summed E-state index contributed by atoms with van der Waals surface area (Å²) in [5, 5.41) is 14.6. The average molecular weight is 306 g/mol. The van der Waals surface area contributed by atoms with Crippen molar-refractivity contribution in [3.63, 3.8) is 0 Å². The normalized spacial score (nSPS) is 23.8. The molecule has 8 heteroatoms. The first-order valence-corrected chi connectivity index (χ1v) is 7.38. The lowest BCUT2D eigenvalue weighted by molar-refractivity contribution is -0.387. The molecule has 1 aliphatic carbocycles. The fourth-order valence-electron chi connectivity index (χ4n) is 3.57. The van der Waals surface area contributed by atoms with Gasteiger partial charge in [-0.05, 0) is 44.2 Å². The highest BCUT2D eigenvalue weighted by Gasteiger charge is 2.45. The molecule has 0 bridgehead atoms. The number of hydrogen-bond donors (Lipinski definition) is 2. The van der Waals surface area contributed by atoms with Gasteiger partial charge in [0.2, 0.25) is 0 Å². The first-order valence-electron chi connectivity index (χ1n) is 7.38. The molecule has 1 aliphatic heterocycles. The number of nitrogens with two attached hydrogens (primary N) is 1. The summed E-state index contributed by atoms with van der Waals surface area (Å²) in [4.78, 5) is 26.6. The van der Waals surface area contributed by atoms with E-state index in [0.717, 1.165) is 37.1 Å². The maximum absolute atomic E-state index is 11.5. The van der Waals surface area contributed by atoms with Gasteiger partial charge in [-0.25, -0.2) is 4.79 Å². The largest absolute Gasteiger partial charge is 0.437 e. The molecule has 22 heavy (non-hydrogen) atoms. The Hall–Kier alpha value is -2.22. The molecule has 1 aromatic heterocycles. The van der Waals surface area contributed by atoms with Crippen LogP contribution in [0.2, 0.25) is 0 Å². The number of aromatic nitrogens is 1. The zero-order valence-electron chi connectivity index (χ0n) is 12.1. The van der Waals surface area contributed by atoms with Crippen LogP contribution in [0, 0.1) is 10.1 Å². The van der Waals surface area contributed by atoms with Crippen LogP contribution in [-0.2, 0) is 23.2 Å². The Morgan fingerprint density at radius 3 is 2.91 bits per heavy atom. The highest BCUT2D eigenvalue weighted by atomic mass is 16.6. The molecular weight excluding hydrogens is 288 g/mol. The maximum Gasteiger partial charge on any atom is 0.405 e. The van der Waals surface area contributed by atoms with E-state index in [4.69, 9.17) is 10.5 Å². The molecule has 3 N–H and O–H groups in total. The number of fused-ring (bicyclic) bond motifs is 1. The first kappa shape index (κ1) is 14.7. The van der Waals surface area contributed by atoms with E-state index in [1.807, 2.05) is 0 Å². The van der Waals surface area contributed by atoms with Gasteiger partial charge in [-0.15, -0.1) is 0 Å². The van der Waals surface area contributed by atoms with Crippen LogP contribution in [0.4, 0.5) is 10.5 Å². The summed E-state index contributed by atoms with van der Waals surface area (Å²) in [7, 11) is 0. The van der Waals surface area contributed by atoms with Gasteiger partial charge in [0.05, 0.1) is 10.5 Å². The van der Waals surface area contributed by atoms with Crippen molar-refractivity contribution in [1.82, 2.24) is 10.3 Å². The van der Waals surface area contributed by atoms with Gasteiger partial charge in [0.25, 0.3) is 5.69 Å². The third-order valence-corrected chi connectivity index (χ3v) is 4.38. The lowest BCUT2D eigenvalue weighted by Crippen LogP contribution is -2.48. The van der Waals surface area contributed by atoms with Crippen molar-refractivity contribution in [3.8, 4) is 0 Å². The van der Waals surface area contributed by atoms with Crippen LogP contribution in [0.3, 0.4) is 0 Å². The standard InChI is InChI=1S/C14H18N4O4/c15-13(19)22-14(5-2-6-16-8-14)12-9-3-1-4-10(9)17-7-11(12)18(20)21/h7,16H,1-6,8H2,(H2,15,19)/t14-/m1/s1. The predicted molar refractivity (Wildman–Crippen MR) is 77.4 cm³/mol. The summed E-state index contributed by atoms with van der Waals surface area (Å²) in [5.74, 6) is 0. The molecule has 0 unspecified atom stereocenters. The molecule has 0 aromatic carbocycles. The smallest absolute Gasteiger partial charge is 0.405 e. The minimum absolute atomic E-state index is 0.0920. The molecule has 0 saturated carbocycles. The average Bonchev–Trinajstić information content (AvgIpc) is 2.94. The monoisotopic (exact) mass is 306 g/mol. The zero-order valence-corrected chi connectivity index (χ0v) is 12.1. The van der Waals surface area contributed by atoms with Gasteiger partial charge in [0, 0.05) is 12.2 Å². The van der Waals surface area contributed by atoms with Crippen molar-refractivity contribution in [2.75, 3.05) is 13.1 Å². The Morgan fingerprint density at radius 1 is 1.45 bits per heavy atom. The Labute approximate surface area is 127 Å². The second kappa shape index (κ2) is 5.53. The Balaban J connectivity index is 2.20. The van der Waals surface area contributed by atoms with Gasteiger partial charge in [-0.1, -0.05) is 0 Å². The van der Waals surface area contributed by atoms with Crippen molar-refractivity contribution >= 4 is 11.8 Å². The minimum atomic E-state index is -1.08. The third-order valence-electron chi connectivity index (χ3n) is 4.38. The van der Waals surface area contributed by atoms with Crippen molar-refractivity contribution in [2.45, 2.75) is 37.7 Å². The molecule has 0 spiro atoms. The third kappa shape index (κ3) is 2.39. The summed E-state index contributed by atoms with van der Waals surface area (Å²) < 4.78 is 5.43. The lowest BCUT2D eigenvalue weighted by Gasteiger charge is -2.37. The number of piperidine rings is 1. The topological polar surface area (TPSA) is 120 Å². The lowest BCUT2D eigenvalue weighted by atomic mass is 9.82. The highest BCUT2D eigenvalue weighted by molar-refractivity contribution is 5.66. The van der Waals surface area contributed by atoms with Crippen molar-refractivity contribution in [1.29, 1.82) is 0 Å². The molecular formula is C14H18N4O4. The molecule has 2 heterocycles. The van der Waals surface area contributed by atoms with Crippen LogP contribution in [-0.4, -0.2) is 29.1 Å². The van der Waals surface area contributed by atoms with Gasteiger partial charge >= 0.3 is 6.09 Å². The van der Waals surface area contributed by atoms with Gasteiger partial charge in [0.15, 0.2) is 5.60 Å². The van der Waals surface area contributed by atoms with Gasteiger partial charge in [-0.2, -0.15) is 0 Å². The van der Waals surface area contributed by atoms with Gasteiger partial charge in [0.1, 0.15) is 6.20 Å². The van der Waals surface area contributed by atoms with E-state index in [1.165, 1.54) is 6.20 Å².